The number of nitrogens with zero attached hydrogens (tertiary/aromatic N) is 2. The van der Waals surface area contributed by atoms with Gasteiger partial charge in [0, 0.05) is 0 Å². The molecule has 0 spiro atoms. The summed E-state index contributed by atoms with van der Waals surface area (Å²) in [5.41, 5.74) is -0.731. The van der Waals surface area contributed by atoms with Crippen LogP contribution in [0.3, 0.4) is 0 Å². The summed E-state index contributed by atoms with van der Waals surface area (Å²) in [6.45, 7) is 4.89. The van der Waals surface area contributed by atoms with Gasteiger partial charge in [-0.25, -0.2) is 4.79 Å². The number of ether oxygens (including phenoxy) is 1. The fraction of sp³-hybridized carbons (Fsp3) is 0.500. The Morgan fingerprint density at radius 2 is 2.08 bits per heavy atom. The van der Waals surface area contributed by atoms with Crippen molar-refractivity contribution in [2.45, 2.75) is 37.4 Å². The molecule has 0 saturated carbocycles. The first kappa shape index (κ1) is 18.3. The van der Waals surface area contributed by atoms with Crippen LogP contribution >= 0.6 is 0 Å². The van der Waals surface area contributed by atoms with E-state index in [-0.39, 0.29) is 23.7 Å². The van der Waals surface area contributed by atoms with Crippen LogP contribution < -0.4 is 0 Å². The number of hydrogen-bond acceptors (Lipinski definition) is 8. The third kappa shape index (κ3) is 4.73. The summed E-state index contributed by atoms with van der Waals surface area (Å²) in [5, 5.41) is 3.59. The zero-order chi connectivity index (χ0) is 18.0. The molecule has 1 heterocycles. The molecule has 0 aliphatic carbocycles. The second kappa shape index (κ2) is 6.83. The van der Waals surface area contributed by atoms with Crippen LogP contribution in [0.15, 0.2) is 34.3 Å². The van der Waals surface area contributed by atoms with Gasteiger partial charge in [-0.3, -0.25) is 9.02 Å². The lowest BCUT2D eigenvalue weighted by Crippen LogP contribution is -2.35. The number of hydroxylamine groups is 2. The fourth-order valence-electron chi connectivity index (χ4n) is 1.89. The van der Waals surface area contributed by atoms with Crippen molar-refractivity contribution in [1.29, 1.82) is 0 Å². The van der Waals surface area contributed by atoms with Crippen molar-refractivity contribution in [3.8, 4) is 0 Å². The number of benzene rings is 1. The number of rotatable bonds is 4. The highest BCUT2D eigenvalue weighted by molar-refractivity contribution is 7.86. The van der Waals surface area contributed by atoms with Crippen molar-refractivity contribution in [3.05, 3.63) is 29.2 Å². The molecule has 9 nitrogen and oxygen atoms in total. The normalized spacial score (nSPS) is 18.5. The van der Waals surface area contributed by atoms with Crippen molar-refractivity contribution in [1.82, 2.24) is 5.06 Å². The Morgan fingerprint density at radius 3 is 2.71 bits per heavy atom. The van der Waals surface area contributed by atoms with E-state index in [0.29, 0.717) is 0 Å². The number of hydrogen-bond donors (Lipinski definition) is 0. The largest absolute Gasteiger partial charge is 0.442 e. The molecule has 0 radical (unpaired) electrons. The van der Waals surface area contributed by atoms with Gasteiger partial charge in [0.1, 0.15) is 24.0 Å². The van der Waals surface area contributed by atoms with E-state index < -0.39 is 27.9 Å². The first-order valence-electron chi connectivity index (χ1n) is 7.11. The molecule has 0 unspecified atom stereocenters. The van der Waals surface area contributed by atoms with Crippen LogP contribution in [0.1, 0.15) is 20.8 Å². The SMILES string of the molecule is CC(C)(C)OC(=O)N1C[C@@H](OS(=O)(=O)c2cccc(N=O)c2)CO1. The van der Waals surface area contributed by atoms with Gasteiger partial charge in [0.25, 0.3) is 10.1 Å². The minimum absolute atomic E-state index is 0.0299. The molecule has 24 heavy (non-hydrogen) atoms. The Hall–Kier alpha value is -2.04. The maximum atomic E-state index is 12.2. The summed E-state index contributed by atoms with van der Waals surface area (Å²) in [5.74, 6) is 0. The van der Waals surface area contributed by atoms with Crippen LogP contribution in [0.4, 0.5) is 10.5 Å². The van der Waals surface area contributed by atoms with E-state index in [4.69, 9.17) is 13.8 Å². The lowest BCUT2D eigenvalue weighted by atomic mass is 10.2. The minimum atomic E-state index is -4.12. The third-order valence-corrected chi connectivity index (χ3v) is 4.21. The molecule has 1 aromatic rings. The van der Waals surface area contributed by atoms with Gasteiger partial charge in [-0.05, 0) is 44.1 Å². The Morgan fingerprint density at radius 1 is 1.38 bits per heavy atom. The van der Waals surface area contributed by atoms with Crippen molar-refractivity contribution in [2.24, 2.45) is 5.18 Å². The summed E-state index contributed by atoms with van der Waals surface area (Å²) in [7, 11) is -4.12. The topological polar surface area (TPSA) is 112 Å². The van der Waals surface area contributed by atoms with Gasteiger partial charge in [0.05, 0.1) is 11.4 Å². The molecule has 1 atom stereocenters. The molecule has 1 aromatic carbocycles. The van der Waals surface area contributed by atoms with E-state index in [2.05, 4.69) is 5.18 Å². The van der Waals surface area contributed by atoms with Gasteiger partial charge < -0.3 is 4.74 Å². The molecule has 1 aliphatic rings. The number of carbonyl (C=O) groups is 1. The lowest BCUT2D eigenvalue weighted by molar-refractivity contribution is -0.107. The average molecular weight is 358 g/mol. The number of carbonyl (C=O) groups excluding carboxylic acids is 1. The molecule has 0 aromatic heterocycles. The molecule has 1 fully saturated rings. The van der Waals surface area contributed by atoms with Crippen LogP contribution in [0.2, 0.25) is 0 Å². The Balaban J connectivity index is 2.01. The van der Waals surface area contributed by atoms with E-state index in [0.717, 1.165) is 11.1 Å². The molecule has 10 heteroatoms. The summed E-state index contributed by atoms with van der Waals surface area (Å²) in [4.78, 5) is 27.3. The average Bonchev–Trinajstić information content (AvgIpc) is 2.93. The first-order chi connectivity index (χ1) is 11.1. The highest BCUT2D eigenvalue weighted by atomic mass is 32.2. The van der Waals surface area contributed by atoms with Crippen molar-refractivity contribution >= 4 is 21.9 Å². The zero-order valence-corrected chi connectivity index (χ0v) is 14.3. The molecule has 1 amide bonds. The molecule has 1 aliphatic heterocycles. The predicted molar refractivity (Wildman–Crippen MR) is 82.8 cm³/mol. The van der Waals surface area contributed by atoms with E-state index >= 15 is 0 Å². The number of nitroso groups, excluding NO2 is 1. The second-order valence-electron chi connectivity index (χ2n) is 6.10. The molecule has 0 N–H and O–H groups in total. The van der Waals surface area contributed by atoms with Crippen LogP contribution in [0.25, 0.3) is 0 Å². The number of amides is 1. The molecule has 2 rings (SSSR count). The molecule has 1 saturated heterocycles. The first-order valence-corrected chi connectivity index (χ1v) is 8.52. The molecule has 0 bridgehead atoms. The van der Waals surface area contributed by atoms with E-state index in [9.17, 15) is 18.1 Å². The van der Waals surface area contributed by atoms with Crippen molar-refractivity contribution in [2.75, 3.05) is 13.2 Å². The van der Waals surface area contributed by atoms with Crippen LogP contribution in [-0.4, -0.2) is 44.4 Å². The van der Waals surface area contributed by atoms with E-state index in [1.807, 2.05) is 0 Å². The minimum Gasteiger partial charge on any atom is -0.442 e. The Kier molecular flexibility index (Phi) is 5.21. The summed E-state index contributed by atoms with van der Waals surface area (Å²) < 4.78 is 34.6. The molecular weight excluding hydrogens is 340 g/mol. The van der Waals surface area contributed by atoms with Gasteiger partial charge in [-0.15, -0.1) is 4.91 Å². The van der Waals surface area contributed by atoms with Crippen molar-refractivity contribution < 1.29 is 27.0 Å². The summed E-state index contributed by atoms with van der Waals surface area (Å²) in [6, 6.07) is 5.13. The maximum absolute atomic E-state index is 12.2. The van der Waals surface area contributed by atoms with Gasteiger partial charge in [-0.1, -0.05) is 6.07 Å². The highest BCUT2D eigenvalue weighted by Gasteiger charge is 2.35. The smallest absolute Gasteiger partial charge is 0.434 e. The summed E-state index contributed by atoms with van der Waals surface area (Å²) in [6.07, 6.45) is -1.60. The quantitative estimate of drug-likeness (QED) is 0.600. The maximum Gasteiger partial charge on any atom is 0.434 e. The second-order valence-corrected chi connectivity index (χ2v) is 7.67. The standard InChI is InChI=1S/C14H18N2O7S/c1-14(2,3)22-13(17)16-8-11(9-21-16)23-24(19,20)12-6-4-5-10(7-12)15-18/h4-7,11H,8-9H2,1-3H3/t11-/m1/s1. The van der Waals surface area contributed by atoms with Gasteiger partial charge >= 0.3 is 6.09 Å². The van der Waals surface area contributed by atoms with Gasteiger partial charge in [0.2, 0.25) is 0 Å². The van der Waals surface area contributed by atoms with Gasteiger partial charge in [0.15, 0.2) is 0 Å². The van der Waals surface area contributed by atoms with Crippen molar-refractivity contribution in [3.63, 3.8) is 0 Å². The third-order valence-electron chi connectivity index (χ3n) is 2.86. The zero-order valence-electron chi connectivity index (χ0n) is 13.5. The summed E-state index contributed by atoms with van der Waals surface area (Å²) >= 11 is 0. The van der Waals surface area contributed by atoms with Crippen LogP contribution in [0.5, 0.6) is 0 Å². The Labute approximate surface area is 139 Å². The van der Waals surface area contributed by atoms with E-state index in [1.54, 1.807) is 20.8 Å². The van der Waals surface area contributed by atoms with Crippen LogP contribution in [0, 0.1) is 4.91 Å². The van der Waals surface area contributed by atoms with E-state index in [1.165, 1.54) is 18.2 Å². The predicted octanol–water partition coefficient (Wildman–Crippen LogP) is 2.34. The molecule has 132 valence electrons. The fourth-order valence-corrected chi connectivity index (χ4v) is 2.99. The monoisotopic (exact) mass is 358 g/mol. The highest BCUT2D eigenvalue weighted by Crippen LogP contribution is 2.23. The van der Waals surface area contributed by atoms with Crippen LogP contribution in [-0.2, 0) is 23.9 Å². The Bertz CT molecular complexity index is 727. The van der Waals surface area contributed by atoms with Gasteiger partial charge in [-0.2, -0.15) is 13.5 Å². The molecular formula is C14H18N2O7S. The lowest BCUT2D eigenvalue weighted by Gasteiger charge is -2.23.